The third-order valence-corrected chi connectivity index (χ3v) is 3.59. The highest BCUT2D eigenvalue weighted by molar-refractivity contribution is 6.42. The summed E-state index contributed by atoms with van der Waals surface area (Å²) < 4.78 is 0. The second-order valence-corrected chi connectivity index (χ2v) is 6.58. The Morgan fingerprint density at radius 1 is 1.32 bits per heavy atom. The summed E-state index contributed by atoms with van der Waals surface area (Å²) in [7, 11) is 0. The van der Waals surface area contributed by atoms with Gasteiger partial charge in [0.05, 0.1) is 16.1 Å². The van der Waals surface area contributed by atoms with Crippen molar-refractivity contribution in [3.63, 3.8) is 0 Å². The minimum Gasteiger partial charge on any atom is -0.298 e. The van der Waals surface area contributed by atoms with E-state index < -0.39 is 5.92 Å². The molecule has 102 valence electrons. The Bertz CT molecular complexity index is 512. The molecule has 0 saturated heterocycles. The van der Waals surface area contributed by atoms with Crippen LogP contribution in [0.1, 0.15) is 45.1 Å². The lowest BCUT2D eigenvalue weighted by Crippen LogP contribution is -2.14. The van der Waals surface area contributed by atoms with Crippen LogP contribution in [-0.2, 0) is 4.79 Å². The van der Waals surface area contributed by atoms with Crippen LogP contribution in [0.3, 0.4) is 0 Å². The molecule has 1 aromatic rings. The molecule has 0 bridgehead atoms. The van der Waals surface area contributed by atoms with Gasteiger partial charge in [-0.15, -0.1) is 0 Å². The van der Waals surface area contributed by atoms with Crippen LogP contribution in [0.25, 0.3) is 0 Å². The van der Waals surface area contributed by atoms with E-state index in [0.717, 1.165) is 6.42 Å². The van der Waals surface area contributed by atoms with Crippen molar-refractivity contribution in [2.24, 2.45) is 5.41 Å². The Labute approximate surface area is 124 Å². The van der Waals surface area contributed by atoms with Gasteiger partial charge in [-0.25, -0.2) is 0 Å². The minimum absolute atomic E-state index is 0.0733. The molecule has 4 heteroatoms. The zero-order valence-electron chi connectivity index (χ0n) is 11.3. The molecule has 2 nitrogen and oxygen atoms in total. The van der Waals surface area contributed by atoms with Gasteiger partial charge in [-0.1, -0.05) is 50.0 Å². The SMILES string of the molecule is CC(C)(C)CCC(=O)C(C#N)c1ccc(Cl)c(Cl)c1. The average molecular weight is 298 g/mol. The molecule has 0 spiro atoms. The van der Waals surface area contributed by atoms with Crippen molar-refractivity contribution in [1.82, 2.24) is 0 Å². The van der Waals surface area contributed by atoms with Crippen molar-refractivity contribution in [2.75, 3.05) is 0 Å². The summed E-state index contributed by atoms with van der Waals surface area (Å²) in [5.74, 6) is -0.840. The van der Waals surface area contributed by atoms with Crippen LogP contribution < -0.4 is 0 Å². The average Bonchev–Trinajstić information content (AvgIpc) is 2.31. The van der Waals surface area contributed by atoms with E-state index in [1.165, 1.54) is 0 Å². The van der Waals surface area contributed by atoms with E-state index in [1.807, 2.05) is 6.07 Å². The van der Waals surface area contributed by atoms with Crippen LogP contribution >= 0.6 is 23.2 Å². The number of hydrogen-bond donors (Lipinski definition) is 0. The van der Waals surface area contributed by atoms with Crippen LogP contribution in [-0.4, -0.2) is 5.78 Å². The van der Waals surface area contributed by atoms with E-state index >= 15 is 0 Å². The van der Waals surface area contributed by atoms with Crippen molar-refractivity contribution in [3.8, 4) is 6.07 Å². The maximum atomic E-state index is 12.1. The molecule has 0 aliphatic heterocycles. The van der Waals surface area contributed by atoms with Crippen LogP contribution in [0.4, 0.5) is 0 Å². The maximum absolute atomic E-state index is 12.1. The van der Waals surface area contributed by atoms with Crippen molar-refractivity contribution in [3.05, 3.63) is 33.8 Å². The summed E-state index contributed by atoms with van der Waals surface area (Å²) in [6.07, 6.45) is 1.15. The van der Waals surface area contributed by atoms with Gasteiger partial charge in [0, 0.05) is 6.42 Å². The number of hydrogen-bond acceptors (Lipinski definition) is 2. The predicted molar refractivity (Wildman–Crippen MR) is 78.5 cm³/mol. The van der Waals surface area contributed by atoms with Gasteiger partial charge >= 0.3 is 0 Å². The van der Waals surface area contributed by atoms with E-state index in [9.17, 15) is 10.1 Å². The number of benzene rings is 1. The summed E-state index contributed by atoms with van der Waals surface area (Å²) >= 11 is 11.7. The number of Topliss-reactive ketones (excluding diaryl/α,β-unsaturated/α-hetero) is 1. The highest BCUT2D eigenvalue weighted by Crippen LogP contribution is 2.29. The molecular weight excluding hydrogens is 281 g/mol. The first-order chi connectivity index (χ1) is 8.74. The van der Waals surface area contributed by atoms with Crippen molar-refractivity contribution in [1.29, 1.82) is 5.26 Å². The number of nitriles is 1. The Balaban J connectivity index is 2.86. The summed E-state index contributed by atoms with van der Waals surface area (Å²) in [4.78, 5) is 12.1. The van der Waals surface area contributed by atoms with Crippen LogP contribution in [0, 0.1) is 16.7 Å². The Morgan fingerprint density at radius 2 is 1.95 bits per heavy atom. The Hall–Kier alpha value is -1.04. The standard InChI is InChI=1S/C15H17Cl2NO/c1-15(2,3)7-6-14(19)11(9-18)10-4-5-12(16)13(17)8-10/h4-5,8,11H,6-7H2,1-3H3. The molecule has 0 N–H and O–H groups in total. The van der Waals surface area contributed by atoms with Crippen molar-refractivity contribution >= 4 is 29.0 Å². The van der Waals surface area contributed by atoms with E-state index in [1.54, 1.807) is 18.2 Å². The lowest BCUT2D eigenvalue weighted by atomic mass is 9.86. The molecule has 0 amide bonds. The fourth-order valence-corrected chi connectivity index (χ4v) is 1.97. The predicted octanol–water partition coefficient (Wildman–Crippen LogP) is 5.00. The highest BCUT2D eigenvalue weighted by atomic mass is 35.5. The first kappa shape index (κ1) is 16.0. The van der Waals surface area contributed by atoms with E-state index in [2.05, 4.69) is 20.8 Å². The largest absolute Gasteiger partial charge is 0.298 e. The zero-order valence-corrected chi connectivity index (χ0v) is 12.8. The van der Waals surface area contributed by atoms with Gasteiger partial charge in [-0.2, -0.15) is 5.26 Å². The molecule has 0 saturated carbocycles. The molecular formula is C15H17Cl2NO. The van der Waals surface area contributed by atoms with Gasteiger partial charge in [-0.05, 0) is 29.5 Å². The first-order valence-electron chi connectivity index (χ1n) is 6.12. The number of rotatable bonds is 4. The molecule has 1 unspecified atom stereocenters. The molecule has 0 aromatic heterocycles. The van der Waals surface area contributed by atoms with Crippen LogP contribution in [0.15, 0.2) is 18.2 Å². The number of nitrogens with zero attached hydrogens (tertiary/aromatic N) is 1. The summed E-state index contributed by atoms with van der Waals surface area (Å²) in [6.45, 7) is 6.21. The zero-order chi connectivity index (χ0) is 14.6. The molecule has 1 rings (SSSR count). The fraction of sp³-hybridized carbons (Fsp3) is 0.467. The Kier molecular flexibility index (Phi) is 5.40. The van der Waals surface area contributed by atoms with Gasteiger partial charge in [0.1, 0.15) is 5.92 Å². The van der Waals surface area contributed by atoms with E-state index in [-0.39, 0.29) is 11.2 Å². The summed E-state index contributed by atoms with van der Waals surface area (Å²) in [6, 6.07) is 6.93. The van der Waals surface area contributed by atoms with Gasteiger partial charge in [-0.3, -0.25) is 4.79 Å². The fourth-order valence-electron chi connectivity index (χ4n) is 1.67. The van der Waals surface area contributed by atoms with Crippen molar-refractivity contribution < 1.29 is 4.79 Å². The van der Waals surface area contributed by atoms with Gasteiger partial charge in [0.25, 0.3) is 0 Å². The summed E-state index contributed by atoms with van der Waals surface area (Å²) in [5, 5.41) is 9.98. The summed E-state index contributed by atoms with van der Waals surface area (Å²) in [5.41, 5.74) is 0.684. The van der Waals surface area contributed by atoms with E-state index in [0.29, 0.717) is 22.0 Å². The molecule has 0 aliphatic carbocycles. The topological polar surface area (TPSA) is 40.9 Å². The normalized spacial score (nSPS) is 12.8. The quantitative estimate of drug-likeness (QED) is 0.785. The molecule has 1 atom stereocenters. The second kappa shape index (κ2) is 6.41. The van der Waals surface area contributed by atoms with Gasteiger partial charge < -0.3 is 0 Å². The lowest BCUT2D eigenvalue weighted by molar-refractivity contribution is -0.119. The third kappa shape index (κ3) is 4.86. The molecule has 0 radical (unpaired) electrons. The van der Waals surface area contributed by atoms with Crippen LogP contribution in [0.2, 0.25) is 10.0 Å². The minimum atomic E-state index is -0.767. The van der Waals surface area contributed by atoms with Crippen LogP contribution in [0.5, 0.6) is 0 Å². The van der Waals surface area contributed by atoms with E-state index in [4.69, 9.17) is 23.2 Å². The second-order valence-electron chi connectivity index (χ2n) is 5.76. The molecule has 1 aromatic carbocycles. The number of ketones is 1. The maximum Gasteiger partial charge on any atom is 0.154 e. The Morgan fingerprint density at radius 3 is 2.42 bits per heavy atom. The lowest BCUT2D eigenvalue weighted by Gasteiger charge is -2.18. The van der Waals surface area contributed by atoms with Gasteiger partial charge in [0.2, 0.25) is 0 Å². The smallest absolute Gasteiger partial charge is 0.154 e. The highest BCUT2D eigenvalue weighted by Gasteiger charge is 2.22. The van der Waals surface area contributed by atoms with Crippen molar-refractivity contribution in [2.45, 2.75) is 39.5 Å². The first-order valence-corrected chi connectivity index (χ1v) is 6.87. The number of carbonyl (C=O) groups is 1. The van der Waals surface area contributed by atoms with Gasteiger partial charge in [0.15, 0.2) is 5.78 Å². The molecule has 0 heterocycles. The number of halogens is 2. The molecule has 0 aliphatic rings. The monoisotopic (exact) mass is 297 g/mol. The molecule has 19 heavy (non-hydrogen) atoms. The molecule has 0 fully saturated rings. The third-order valence-electron chi connectivity index (χ3n) is 2.85. The number of carbonyl (C=O) groups excluding carboxylic acids is 1.